The largest absolute Gasteiger partial charge is 0.497 e. The summed E-state index contributed by atoms with van der Waals surface area (Å²) >= 11 is 0. The van der Waals surface area contributed by atoms with Gasteiger partial charge in [-0.3, -0.25) is 14.9 Å². The number of hydrogen-bond acceptors (Lipinski definition) is 4. The number of aromatic amines is 1. The number of nitrogens with zero attached hydrogens (tertiary/aromatic N) is 1. The lowest BCUT2D eigenvalue weighted by molar-refractivity contribution is -0.386. The van der Waals surface area contributed by atoms with Crippen LogP contribution in [0.2, 0.25) is 0 Å². The van der Waals surface area contributed by atoms with Crippen LogP contribution in [-0.2, 0) is 6.42 Å². The van der Waals surface area contributed by atoms with E-state index in [9.17, 15) is 14.9 Å². The number of aromatic nitrogens is 1. The molecule has 0 atom stereocenters. The van der Waals surface area contributed by atoms with Gasteiger partial charge in [-0.15, -0.1) is 0 Å². The topological polar surface area (TPSA) is 85.2 Å². The molecule has 1 aromatic carbocycles. The quantitative estimate of drug-likeness (QED) is 0.684. The molecular weight excluding hydrogens is 260 g/mol. The van der Waals surface area contributed by atoms with Gasteiger partial charge in [0, 0.05) is 11.8 Å². The van der Waals surface area contributed by atoms with Crippen molar-refractivity contribution >= 4 is 5.69 Å². The van der Waals surface area contributed by atoms with E-state index in [-0.39, 0.29) is 0 Å². The molecule has 2 aromatic rings. The van der Waals surface area contributed by atoms with Crippen LogP contribution in [0.3, 0.4) is 0 Å². The van der Waals surface area contributed by atoms with Crippen LogP contribution in [0.4, 0.5) is 5.69 Å². The van der Waals surface area contributed by atoms with Gasteiger partial charge in [0.1, 0.15) is 5.75 Å². The molecule has 0 unspecified atom stereocenters. The number of methoxy groups -OCH3 is 1. The van der Waals surface area contributed by atoms with Gasteiger partial charge in [0.25, 0.3) is 0 Å². The lowest BCUT2D eigenvalue weighted by Gasteiger charge is -2.07. The van der Waals surface area contributed by atoms with Crippen molar-refractivity contribution in [3.8, 4) is 5.75 Å². The van der Waals surface area contributed by atoms with Gasteiger partial charge in [0.15, 0.2) is 0 Å². The highest BCUT2D eigenvalue weighted by molar-refractivity contribution is 5.43. The molecule has 1 aromatic heterocycles. The van der Waals surface area contributed by atoms with Crippen LogP contribution in [0.15, 0.2) is 35.3 Å². The molecule has 0 fully saturated rings. The number of H-pyrrole nitrogens is 1. The average Bonchev–Trinajstić information content (AvgIpc) is 2.42. The molecule has 0 amide bonds. The van der Waals surface area contributed by atoms with E-state index in [0.29, 0.717) is 12.0 Å². The standard InChI is InChI=1S/C14H14N2O4/c1-9-11(8-15-14(17)13(9)16(18)19)7-10-3-5-12(20-2)6-4-10/h3-6,8H,7H2,1-2H3,(H,15,17). The molecule has 6 heteroatoms. The summed E-state index contributed by atoms with van der Waals surface area (Å²) in [6, 6.07) is 7.42. The molecule has 0 aliphatic heterocycles. The summed E-state index contributed by atoms with van der Waals surface area (Å²) in [7, 11) is 1.59. The van der Waals surface area contributed by atoms with E-state index in [0.717, 1.165) is 16.9 Å². The predicted molar refractivity (Wildman–Crippen MR) is 74.3 cm³/mol. The highest BCUT2D eigenvalue weighted by atomic mass is 16.6. The number of nitrogens with one attached hydrogen (secondary N) is 1. The highest BCUT2D eigenvalue weighted by Crippen LogP contribution is 2.20. The maximum Gasteiger partial charge on any atom is 0.337 e. The van der Waals surface area contributed by atoms with E-state index in [4.69, 9.17) is 4.74 Å². The summed E-state index contributed by atoms with van der Waals surface area (Å²) in [5.74, 6) is 0.748. The summed E-state index contributed by atoms with van der Waals surface area (Å²) in [6.07, 6.45) is 2.03. The van der Waals surface area contributed by atoms with Crippen LogP contribution in [0, 0.1) is 17.0 Å². The van der Waals surface area contributed by atoms with Crippen LogP contribution in [-0.4, -0.2) is 17.0 Å². The third-order valence-corrected chi connectivity index (χ3v) is 3.17. The van der Waals surface area contributed by atoms with Gasteiger partial charge in [-0.25, -0.2) is 0 Å². The molecule has 1 heterocycles. The van der Waals surface area contributed by atoms with Gasteiger partial charge in [-0.2, -0.15) is 0 Å². The average molecular weight is 274 g/mol. The third kappa shape index (κ3) is 2.69. The number of pyridine rings is 1. The van der Waals surface area contributed by atoms with Crippen molar-refractivity contribution in [2.75, 3.05) is 7.11 Å². The van der Waals surface area contributed by atoms with E-state index in [2.05, 4.69) is 4.98 Å². The second-order valence-corrected chi connectivity index (χ2v) is 4.40. The fourth-order valence-electron chi connectivity index (χ4n) is 2.02. The Morgan fingerprint density at radius 2 is 1.95 bits per heavy atom. The second kappa shape index (κ2) is 5.56. The highest BCUT2D eigenvalue weighted by Gasteiger charge is 2.19. The Bertz CT molecular complexity index is 689. The maximum absolute atomic E-state index is 11.5. The van der Waals surface area contributed by atoms with Gasteiger partial charge >= 0.3 is 11.2 Å². The van der Waals surface area contributed by atoms with E-state index in [1.165, 1.54) is 6.20 Å². The molecule has 0 bridgehead atoms. The number of hydrogen-bond donors (Lipinski definition) is 1. The minimum Gasteiger partial charge on any atom is -0.497 e. The smallest absolute Gasteiger partial charge is 0.337 e. The first-order valence-corrected chi connectivity index (χ1v) is 6.01. The fraction of sp³-hybridized carbons (Fsp3) is 0.214. The molecule has 0 spiro atoms. The van der Waals surface area contributed by atoms with Gasteiger partial charge in [0.05, 0.1) is 12.0 Å². The van der Waals surface area contributed by atoms with Crippen molar-refractivity contribution in [1.82, 2.24) is 4.98 Å². The Kier molecular flexibility index (Phi) is 3.84. The van der Waals surface area contributed by atoms with Crippen LogP contribution in [0.25, 0.3) is 0 Å². The lowest BCUT2D eigenvalue weighted by atomic mass is 10.0. The number of rotatable bonds is 4. The van der Waals surface area contributed by atoms with Gasteiger partial charge in [-0.05, 0) is 36.6 Å². The molecule has 0 aliphatic rings. The SMILES string of the molecule is COc1ccc(Cc2c[nH]c(=O)c([N+](=O)[O-])c2C)cc1. The molecule has 2 rings (SSSR count). The van der Waals surface area contributed by atoms with Crippen molar-refractivity contribution in [3.63, 3.8) is 0 Å². The molecule has 20 heavy (non-hydrogen) atoms. The lowest BCUT2D eigenvalue weighted by Crippen LogP contribution is -2.14. The molecule has 0 saturated carbocycles. The summed E-state index contributed by atoms with van der Waals surface area (Å²) in [5, 5.41) is 10.9. The first-order valence-electron chi connectivity index (χ1n) is 6.01. The Labute approximate surface area is 115 Å². The zero-order valence-corrected chi connectivity index (χ0v) is 11.2. The molecule has 1 N–H and O–H groups in total. The van der Waals surface area contributed by atoms with Crippen molar-refractivity contribution in [2.45, 2.75) is 13.3 Å². The van der Waals surface area contributed by atoms with Crippen LogP contribution < -0.4 is 10.3 Å². The van der Waals surface area contributed by atoms with Gasteiger partial charge < -0.3 is 9.72 Å². The first-order chi connectivity index (χ1) is 9.52. The molecule has 0 radical (unpaired) electrons. The second-order valence-electron chi connectivity index (χ2n) is 4.40. The minimum atomic E-state index is -0.675. The normalized spacial score (nSPS) is 10.3. The van der Waals surface area contributed by atoms with Crippen molar-refractivity contribution in [1.29, 1.82) is 0 Å². The third-order valence-electron chi connectivity index (χ3n) is 3.17. The van der Waals surface area contributed by atoms with Gasteiger partial charge in [-0.1, -0.05) is 12.1 Å². The van der Waals surface area contributed by atoms with E-state index < -0.39 is 16.2 Å². The van der Waals surface area contributed by atoms with E-state index in [1.807, 2.05) is 24.3 Å². The van der Waals surface area contributed by atoms with Crippen molar-refractivity contribution in [3.05, 3.63) is 67.6 Å². The molecule has 6 nitrogen and oxygen atoms in total. The Morgan fingerprint density at radius 1 is 1.30 bits per heavy atom. The predicted octanol–water partition coefficient (Wildman–Crippen LogP) is 2.19. The summed E-state index contributed by atoms with van der Waals surface area (Å²) < 4.78 is 5.07. The minimum absolute atomic E-state index is 0.393. The van der Waals surface area contributed by atoms with Crippen molar-refractivity contribution in [2.24, 2.45) is 0 Å². The van der Waals surface area contributed by atoms with Crippen LogP contribution in [0.1, 0.15) is 16.7 Å². The Balaban J connectivity index is 2.36. The summed E-state index contributed by atoms with van der Waals surface area (Å²) in [4.78, 5) is 24.1. The summed E-state index contributed by atoms with van der Waals surface area (Å²) in [5.41, 5.74) is 1.04. The number of nitro groups is 1. The van der Waals surface area contributed by atoms with E-state index >= 15 is 0 Å². The summed E-state index contributed by atoms with van der Waals surface area (Å²) in [6.45, 7) is 1.59. The maximum atomic E-state index is 11.5. The first kappa shape index (κ1) is 13.8. The van der Waals surface area contributed by atoms with Crippen LogP contribution >= 0.6 is 0 Å². The van der Waals surface area contributed by atoms with Crippen LogP contribution in [0.5, 0.6) is 5.75 Å². The zero-order valence-electron chi connectivity index (χ0n) is 11.2. The van der Waals surface area contributed by atoms with Crippen molar-refractivity contribution < 1.29 is 9.66 Å². The molecule has 0 aliphatic carbocycles. The molecule has 0 saturated heterocycles. The number of ether oxygens (including phenoxy) is 1. The fourth-order valence-corrected chi connectivity index (χ4v) is 2.02. The molecule has 104 valence electrons. The monoisotopic (exact) mass is 274 g/mol. The molecular formula is C14H14N2O4. The Morgan fingerprint density at radius 3 is 2.50 bits per heavy atom. The zero-order chi connectivity index (χ0) is 14.7. The van der Waals surface area contributed by atoms with E-state index in [1.54, 1.807) is 14.0 Å². The van der Waals surface area contributed by atoms with Gasteiger partial charge in [0.2, 0.25) is 0 Å². The number of benzene rings is 1. The Hall–Kier alpha value is -2.63.